The second-order valence-electron chi connectivity index (χ2n) is 5.71. The van der Waals surface area contributed by atoms with Crippen LogP contribution in [0, 0.1) is 32.7 Å². The molecule has 0 radical (unpaired) electrons. The van der Waals surface area contributed by atoms with Crippen molar-refractivity contribution in [2.24, 2.45) is 0 Å². The molecule has 0 aliphatic carbocycles. The first-order valence-electron chi connectivity index (χ1n) is 7.62. The van der Waals surface area contributed by atoms with E-state index < -0.39 is 34.8 Å². The van der Waals surface area contributed by atoms with Crippen LogP contribution in [0.15, 0.2) is 24.3 Å². The number of halogens is 6. The molecule has 9 heteroatoms. The Morgan fingerprint density at radius 3 is 1.92 bits per heavy atom. The van der Waals surface area contributed by atoms with E-state index in [2.05, 4.69) is 22.6 Å². The summed E-state index contributed by atoms with van der Waals surface area (Å²) < 4.78 is 68.6. The van der Waals surface area contributed by atoms with Crippen LogP contribution < -0.4 is 4.90 Å². The Hall–Kier alpha value is -1.91. The van der Waals surface area contributed by atoms with E-state index in [-0.39, 0.29) is 32.1 Å². The molecule has 3 rings (SSSR count). The maximum Gasteiger partial charge on any atom is 0.254 e. The fraction of sp³-hybridized carbons (Fsp3) is 0.235. The number of hydrogen-bond acceptors (Lipinski definition) is 2. The Morgan fingerprint density at radius 2 is 1.38 bits per heavy atom. The van der Waals surface area contributed by atoms with Gasteiger partial charge in [-0.3, -0.25) is 4.79 Å². The van der Waals surface area contributed by atoms with Gasteiger partial charge in [-0.25, -0.2) is 22.0 Å². The third-order valence-corrected chi connectivity index (χ3v) is 4.81. The zero-order chi connectivity index (χ0) is 19.0. The smallest absolute Gasteiger partial charge is 0.254 e. The predicted octanol–water partition coefficient (Wildman–Crippen LogP) is 3.95. The lowest BCUT2D eigenvalue weighted by Gasteiger charge is -2.36. The SMILES string of the molecule is O=C(c1cccc(I)c1)N1CCN(c2c(F)c(F)c(F)c(F)c2F)CC1. The number of piperazine rings is 1. The predicted molar refractivity (Wildman–Crippen MR) is 93.5 cm³/mol. The van der Waals surface area contributed by atoms with Gasteiger partial charge in [0.05, 0.1) is 0 Å². The number of hydrogen-bond donors (Lipinski definition) is 0. The summed E-state index contributed by atoms with van der Waals surface area (Å²) in [7, 11) is 0. The molecule has 0 saturated carbocycles. The molecule has 0 bridgehead atoms. The molecule has 138 valence electrons. The molecule has 1 saturated heterocycles. The molecule has 1 heterocycles. The number of nitrogens with zero attached hydrogens (tertiary/aromatic N) is 2. The summed E-state index contributed by atoms with van der Waals surface area (Å²) >= 11 is 2.07. The van der Waals surface area contributed by atoms with Gasteiger partial charge in [-0.1, -0.05) is 6.07 Å². The van der Waals surface area contributed by atoms with Crippen molar-refractivity contribution in [2.75, 3.05) is 31.1 Å². The molecule has 1 amide bonds. The second-order valence-corrected chi connectivity index (χ2v) is 6.95. The third-order valence-electron chi connectivity index (χ3n) is 4.14. The van der Waals surface area contributed by atoms with Crippen LogP contribution in [-0.4, -0.2) is 37.0 Å². The molecule has 0 atom stereocenters. The molecule has 2 aromatic rings. The van der Waals surface area contributed by atoms with Crippen LogP contribution in [0.25, 0.3) is 0 Å². The lowest BCUT2D eigenvalue weighted by atomic mass is 10.1. The summed E-state index contributed by atoms with van der Waals surface area (Å²) in [6, 6.07) is 6.93. The number of carbonyl (C=O) groups is 1. The van der Waals surface area contributed by atoms with E-state index in [4.69, 9.17) is 0 Å². The Bertz CT molecular complexity index is 839. The molecule has 0 spiro atoms. The first kappa shape index (κ1) is 18.9. The van der Waals surface area contributed by atoms with Crippen LogP contribution in [0.3, 0.4) is 0 Å². The minimum absolute atomic E-state index is 0.0476. The summed E-state index contributed by atoms with van der Waals surface area (Å²) in [4.78, 5) is 15.0. The van der Waals surface area contributed by atoms with Crippen LogP contribution in [-0.2, 0) is 0 Å². The van der Waals surface area contributed by atoms with Crippen molar-refractivity contribution in [1.82, 2.24) is 4.90 Å². The van der Waals surface area contributed by atoms with Crippen molar-refractivity contribution in [3.8, 4) is 0 Å². The zero-order valence-corrected chi connectivity index (χ0v) is 15.4. The molecular weight excluding hydrogens is 470 g/mol. The number of rotatable bonds is 2. The van der Waals surface area contributed by atoms with E-state index >= 15 is 0 Å². The maximum atomic E-state index is 13.9. The van der Waals surface area contributed by atoms with Crippen molar-refractivity contribution >= 4 is 34.2 Å². The molecule has 0 aromatic heterocycles. The Morgan fingerprint density at radius 1 is 0.846 bits per heavy atom. The minimum Gasteiger partial charge on any atom is -0.363 e. The molecule has 1 fully saturated rings. The molecule has 1 aliphatic rings. The fourth-order valence-electron chi connectivity index (χ4n) is 2.81. The largest absolute Gasteiger partial charge is 0.363 e. The van der Waals surface area contributed by atoms with Gasteiger partial charge in [0.15, 0.2) is 23.3 Å². The highest BCUT2D eigenvalue weighted by atomic mass is 127. The van der Waals surface area contributed by atoms with Crippen LogP contribution >= 0.6 is 22.6 Å². The first-order chi connectivity index (χ1) is 12.3. The van der Waals surface area contributed by atoms with E-state index in [1.807, 2.05) is 6.07 Å². The molecule has 0 N–H and O–H groups in total. The molecule has 0 unspecified atom stereocenters. The summed E-state index contributed by atoms with van der Waals surface area (Å²) in [6.07, 6.45) is 0. The van der Waals surface area contributed by atoms with Gasteiger partial charge >= 0.3 is 0 Å². The number of benzene rings is 2. The van der Waals surface area contributed by atoms with Gasteiger partial charge in [0.1, 0.15) is 5.69 Å². The molecular formula is C17H12F5IN2O. The first-order valence-corrected chi connectivity index (χ1v) is 8.70. The summed E-state index contributed by atoms with van der Waals surface area (Å²) in [5, 5.41) is 0. The fourth-order valence-corrected chi connectivity index (χ4v) is 3.35. The summed E-state index contributed by atoms with van der Waals surface area (Å²) in [5.41, 5.74) is -0.482. The highest BCUT2D eigenvalue weighted by molar-refractivity contribution is 14.1. The van der Waals surface area contributed by atoms with Crippen LogP contribution in [0.5, 0.6) is 0 Å². The normalized spacial score (nSPS) is 14.7. The van der Waals surface area contributed by atoms with Crippen molar-refractivity contribution in [3.05, 3.63) is 62.5 Å². The van der Waals surface area contributed by atoms with E-state index in [0.29, 0.717) is 5.56 Å². The Kier molecular flexibility index (Phi) is 5.35. The van der Waals surface area contributed by atoms with E-state index in [1.54, 1.807) is 18.2 Å². The average molecular weight is 482 g/mol. The van der Waals surface area contributed by atoms with Gasteiger partial charge in [0.2, 0.25) is 5.82 Å². The zero-order valence-electron chi connectivity index (χ0n) is 13.2. The number of amides is 1. The Labute approximate surface area is 159 Å². The van der Waals surface area contributed by atoms with Crippen molar-refractivity contribution in [3.63, 3.8) is 0 Å². The highest BCUT2D eigenvalue weighted by Crippen LogP contribution is 2.31. The average Bonchev–Trinajstić information content (AvgIpc) is 2.65. The monoisotopic (exact) mass is 482 g/mol. The number of carbonyl (C=O) groups excluding carboxylic acids is 1. The third kappa shape index (κ3) is 3.36. The Balaban J connectivity index is 1.78. The lowest BCUT2D eigenvalue weighted by molar-refractivity contribution is 0.0746. The lowest BCUT2D eigenvalue weighted by Crippen LogP contribution is -2.49. The van der Waals surface area contributed by atoms with Gasteiger partial charge in [0, 0.05) is 35.3 Å². The summed E-state index contributed by atoms with van der Waals surface area (Å²) in [5.74, 6) is -10.1. The van der Waals surface area contributed by atoms with E-state index in [9.17, 15) is 26.7 Å². The standard InChI is InChI=1S/C17H12F5IN2O/c18-11-12(19)14(21)16(15(22)13(11)20)24-4-6-25(7-5-24)17(26)9-2-1-3-10(23)8-9/h1-3,8H,4-7H2. The highest BCUT2D eigenvalue weighted by Gasteiger charge is 2.31. The van der Waals surface area contributed by atoms with Crippen molar-refractivity contribution < 1.29 is 26.7 Å². The van der Waals surface area contributed by atoms with E-state index in [0.717, 1.165) is 8.47 Å². The van der Waals surface area contributed by atoms with Gasteiger partial charge in [0.25, 0.3) is 5.91 Å². The van der Waals surface area contributed by atoms with E-state index in [1.165, 1.54) is 4.90 Å². The van der Waals surface area contributed by atoms with Gasteiger partial charge in [-0.05, 0) is 40.8 Å². The molecule has 1 aliphatic heterocycles. The van der Waals surface area contributed by atoms with Gasteiger partial charge in [-0.2, -0.15) is 0 Å². The van der Waals surface area contributed by atoms with Crippen molar-refractivity contribution in [2.45, 2.75) is 0 Å². The van der Waals surface area contributed by atoms with Crippen LogP contribution in [0.4, 0.5) is 27.6 Å². The summed E-state index contributed by atoms with van der Waals surface area (Å²) in [6.45, 7) is 0.107. The topological polar surface area (TPSA) is 23.6 Å². The molecule has 2 aromatic carbocycles. The van der Waals surface area contributed by atoms with Gasteiger partial charge in [-0.15, -0.1) is 0 Å². The van der Waals surface area contributed by atoms with Crippen LogP contribution in [0.2, 0.25) is 0 Å². The maximum absolute atomic E-state index is 13.9. The quantitative estimate of drug-likeness (QED) is 0.280. The second kappa shape index (κ2) is 7.37. The van der Waals surface area contributed by atoms with Gasteiger partial charge < -0.3 is 9.80 Å². The molecule has 3 nitrogen and oxygen atoms in total. The minimum atomic E-state index is -2.18. The van der Waals surface area contributed by atoms with Crippen molar-refractivity contribution in [1.29, 1.82) is 0 Å². The molecule has 26 heavy (non-hydrogen) atoms. The number of anilines is 1. The van der Waals surface area contributed by atoms with Crippen LogP contribution in [0.1, 0.15) is 10.4 Å².